The summed E-state index contributed by atoms with van der Waals surface area (Å²) >= 11 is 0. The third-order valence-corrected chi connectivity index (χ3v) is 9.60. The standard InChI is InChI=1S/C38H72N12O9/c1-10-23(7)29(44-20-52)35(57)48-27(16-14-18-43-38(40)41)33(55)46-25(9)37(59)50(22(5)6)30(21(3)4)36(58)49-28(19-51)34(56)47-26(15-12-13-17-39)32(54)45-24(8)31(53)42-11-2/h20-30,51H,10-19,39H2,1-9H3,(H,42,53)(H,44,52)(H,45,54)(H,46,55)(H,47,56)(H,48,57)(H,49,58)(H4,40,41,43)/t23?,24-,25-,26?,27?,28-,29-,30?/m0/s1. The Morgan fingerprint density at radius 2 is 1.22 bits per heavy atom. The van der Waals surface area contributed by atoms with Crippen molar-refractivity contribution >= 4 is 53.7 Å². The number of aliphatic hydroxyl groups excluding tert-OH is 1. The molecule has 21 heteroatoms. The fraction of sp³-hybridized carbons (Fsp3) is 0.763. The van der Waals surface area contributed by atoms with Crippen LogP contribution in [-0.4, -0.2) is 138 Å². The van der Waals surface area contributed by atoms with Gasteiger partial charge in [0.25, 0.3) is 0 Å². The monoisotopic (exact) mass is 841 g/mol. The summed E-state index contributed by atoms with van der Waals surface area (Å²) in [6.45, 7) is 15.0. The number of guanidine groups is 1. The average molecular weight is 841 g/mol. The van der Waals surface area contributed by atoms with E-state index in [1.54, 1.807) is 41.5 Å². The van der Waals surface area contributed by atoms with E-state index in [9.17, 15) is 43.5 Å². The highest BCUT2D eigenvalue weighted by Crippen LogP contribution is 2.18. The van der Waals surface area contributed by atoms with Crippen molar-refractivity contribution in [1.82, 2.24) is 47.4 Å². The second-order valence-corrected chi connectivity index (χ2v) is 15.2. The normalized spacial score (nSPS) is 15.1. The van der Waals surface area contributed by atoms with E-state index in [2.05, 4.69) is 42.5 Å². The molecular weight excluding hydrogens is 768 g/mol. The van der Waals surface area contributed by atoms with Gasteiger partial charge in [-0.3, -0.25) is 43.8 Å². The maximum Gasteiger partial charge on any atom is 0.245 e. The van der Waals surface area contributed by atoms with Gasteiger partial charge in [-0.05, 0) is 85.1 Å². The summed E-state index contributed by atoms with van der Waals surface area (Å²) in [4.78, 5) is 106. The highest BCUT2D eigenvalue weighted by molar-refractivity contribution is 5.97. The molecule has 14 N–H and O–H groups in total. The van der Waals surface area contributed by atoms with Crippen LogP contribution < -0.4 is 54.0 Å². The van der Waals surface area contributed by atoms with Crippen LogP contribution in [0.15, 0.2) is 0 Å². The summed E-state index contributed by atoms with van der Waals surface area (Å²) in [5, 5.41) is 38.3. The molecule has 0 bridgehead atoms. The van der Waals surface area contributed by atoms with Gasteiger partial charge >= 0.3 is 0 Å². The zero-order valence-corrected chi connectivity index (χ0v) is 36.2. The molecule has 0 aliphatic carbocycles. The maximum absolute atomic E-state index is 14.1. The minimum Gasteiger partial charge on any atom is -0.394 e. The third-order valence-electron chi connectivity index (χ3n) is 9.60. The van der Waals surface area contributed by atoms with Crippen molar-refractivity contribution in [2.75, 3.05) is 26.2 Å². The van der Waals surface area contributed by atoms with Crippen LogP contribution >= 0.6 is 0 Å². The number of nitrogens with one attached hydrogen (secondary N) is 9. The summed E-state index contributed by atoms with van der Waals surface area (Å²) in [5.41, 5.74) is 11.0. The van der Waals surface area contributed by atoms with Gasteiger partial charge < -0.3 is 64.0 Å². The van der Waals surface area contributed by atoms with Gasteiger partial charge in [-0.2, -0.15) is 0 Å². The fourth-order valence-electron chi connectivity index (χ4n) is 6.12. The first-order valence-corrected chi connectivity index (χ1v) is 20.4. The highest BCUT2D eigenvalue weighted by atomic mass is 16.3. The molecule has 0 saturated heterocycles. The van der Waals surface area contributed by atoms with Crippen LogP contribution in [-0.2, 0) is 38.4 Å². The molecule has 0 spiro atoms. The minimum absolute atomic E-state index is 0.0748. The Morgan fingerprint density at radius 3 is 1.69 bits per heavy atom. The number of hydrogen-bond donors (Lipinski definition) is 12. The molecule has 0 aliphatic heterocycles. The van der Waals surface area contributed by atoms with Crippen LogP contribution in [0.1, 0.15) is 101 Å². The van der Waals surface area contributed by atoms with Gasteiger partial charge in [-0.1, -0.05) is 34.1 Å². The molecule has 0 aliphatic rings. The number of amides is 8. The lowest BCUT2D eigenvalue weighted by molar-refractivity contribution is -0.147. The second-order valence-electron chi connectivity index (χ2n) is 15.2. The summed E-state index contributed by atoms with van der Waals surface area (Å²) in [6.07, 6.45) is 2.48. The van der Waals surface area contributed by atoms with E-state index >= 15 is 0 Å². The zero-order chi connectivity index (χ0) is 45.4. The van der Waals surface area contributed by atoms with E-state index in [1.165, 1.54) is 18.7 Å². The van der Waals surface area contributed by atoms with Crippen molar-refractivity contribution in [2.24, 2.45) is 23.3 Å². The number of nitrogens with zero attached hydrogens (tertiary/aromatic N) is 1. The molecule has 0 aromatic carbocycles. The summed E-state index contributed by atoms with van der Waals surface area (Å²) in [6, 6.07) is -8.70. The molecule has 0 heterocycles. The molecule has 338 valence electrons. The number of hydrogen-bond acceptors (Lipinski definition) is 11. The predicted molar refractivity (Wildman–Crippen MR) is 222 cm³/mol. The molecule has 0 saturated carbocycles. The molecular formula is C38H72N12O9. The lowest BCUT2D eigenvalue weighted by atomic mass is 9.97. The van der Waals surface area contributed by atoms with Crippen molar-refractivity contribution in [3.63, 3.8) is 0 Å². The van der Waals surface area contributed by atoms with E-state index in [4.69, 9.17) is 16.9 Å². The molecule has 0 rings (SSSR count). The molecule has 4 unspecified atom stereocenters. The van der Waals surface area contributed by atoms with Crippen LogP contribution in [0.2, 0.25) is 0 Å². The van der Waals surface area contributed by atoms with E-state index in [-0.39, 0.29) is 37.7 Å². The van der Waals surface area contributed by atoms with Crippen molar-refractivity contribution in [3.8, 4) is 0 Å². The third kappa shape index (κ3) is 19.0. The Bertz CT molecular complexity index is 1400. The lowest BCUT2D eigenvalue weighted by Crippen LogP contribution is -2.63. The van der Waals surface area contributed by atoms with Gasteiger partial charge in [0.05, 0.1) is 6.61 Å². The van der Waals surface area contributed by atoms with Crippen molar-refractivity contribution in [2.45, 2.75) is 149 Å². The minimum atomic E-state index is -1.54. The van der Waals surface area contributed by atoms with E-state index in [1.807, 2.05) is 6.92 Å². The largest absolute Gasteiger partial charge is 0.394 e. The Labute approximate surface area is 348 Å². The lowest BCUT2D eigenvalue weighted by Gasteiger charge is -2.38. The summed E-state index contributed by atoms with van der Waals surface area (Å²) in [5.74, 6) is -5.80. The molecule has 0 fully saturated rings. The first-order valence-electron chi connectivity index (χ1n) is 20.4. The summed E-state index contributed by atoms with van der Waals surface area (Å²) < 4.78 is 0. The molecule has 59 heavy (non-hydrogen) atoms. The maximum atomic E-state index is 14.1. The van der Waals surface area contributed by atoms with Crippen LogP contribution in [0.4, 0.5) is 0 Å². The molecule has 21 nitrogen and oxygen atoms in total. The van der Waals surface area contributed by atoms with Gasteiger partial charge in [-0.15, -0.1) is 0 Å². The van der Waals surface area contributed by atoms with Crippen molar-refractivity contribution in [1.29, 1.82) is 5.41 Å². The molecule has 0 aromatic heterocycles. The van der Waals surface area contributed by atoms with Gasteiger partial charge in [0.15, 0.2) is 5.96 Å². The highest BCUT2D eigenvalue weighted by Gasteiger charge is 2.39. The van der Waals surface area contributed by atoms with Crippen LogP contribution in [0.5, 0.6) is 0 Å². The van der Waals surface area contributed by atoms with Crippen LogP contribution in [0, 0.1) is 17.2 Å². The quantitative estimate of drug-likeness (QED) is 0.0160. The van der Waals surface area contributed by atoms with Gasteiger partial charge in [0.1, 0.15) is 42.3 Å². The van der Waals surface area contributed by atoms with Gasteiger partial charge in [-0.25, -0.2) is 0 Å². The van der Waals surface area contributed by atoms with Crippen LogP contribution in [0.3, 0.4) is 0 Å². The number of rotatable bonds is 29. The second kappa shape index (κ2) is 28.4. The van der Waals surface area contributed by atoms with Gasteiger partial charge in [0.2, 0.25) is 47.8 Å². The summed E-state index contributed by atoms with van der Waals surface area (Å²) in [7, 11) is 0. The van der Waals surface area contributed by atoms with Crippen LogP contribution in [0.25, 0.3) is 0 Å². The van der Waals surface area contributed by atoms with E-state index in [0.29, 0.717) is 38.8 Å². The zero-order valence-electron chi connectivity index (χ0n) is 36.2. The first kappa shape index (κ1) is 54.0. The smallest absolute Gasteiger partial charge is 0.245 e. The number of unbranched alkanes of at least 4 members (excludes halogenated alkanes) is 1. The Hall–Kier alpha value is -5.05. The Morgan fingerprint density at radius 1 is 0.695 bits per heavy atom. The topological polar surface area (TPSA) is 332 Å². The average Bonchev–Trinajstić information content (AvgIpc) is 3.17. The van der Waals surface area contributed by atoms with Crippen molar-refractivity contribution in [3.05, 3.63) is 0 Å². The number of likely N-dealkylation sites (N-methyl/N-ethyl adjacent to an activating group) is 1. The number of carbonyl (C=O) groups is 8. The first-order chi connectivity index (χ1) is 27.7. The SMILES string of the molecule is CCNC(=O)[C@H](C)NC(=O)C(CCCCN)NC(=O)[C@H](CO)NC(=O)C(C(C)C)N(C(=O)[C@H](C)NC(=O)C(CCCNC(=N)N)NC(=O)[C@@H](NC=O)C(C)CC)C(C)C. The fourth-order valence-corrected chi connectivity index (χ4v) is 6.12. The van der Waals surface area contributed by atoms with Crippen molar-refractivity contribution < 1.29 is 43.5 Å². The number of nitrogens with two attached hydrogens (primary N) is 2. The molecule has 0 aromatic rings. The molecule has 0 radical (unpaired) electrons. The van der Waals surface area contributed by atoms with E-state index < -0.39 is 102 Å². The van der Waals surface area contributed by atoms with E-state index in [0.717, 1.165) is 0 Å². The number of carbonyl (C=O) groups excluding carboxylic acids is 8. The predicted octanol–water partition coefficient (Wildman–Crippen LogP) is -2.61. The Kier molecular flexibility index (Phi) is 26.0. The number of aliphatic hydroxyl groups is 1. The molecule has 8 amide bonds. The Balaban J connectivity index is 6.29. The molecule has 8 atom stereocenters. The van der Waals surface area contributed by atoms with Gasteiger partial charge in [0, 0.05) is 19.1 Å².